The molecule has 0 spiro atoms. The second kappa shape index (κ2) is 8.03. The summed E-state index contributed by atoms with van der Waals surface area (Å²) in [4.78, 5) is 29.2. The van der Waals surface area contributed by atoms with E-state index in [1.165, 1.54) is 12.1 Å². The van der Waals surface area contributed by atoms with Gasteiger partial charge in [0.1, 0.15) is 17.2 Å². The van der Waals surface area contributed by atoms with Crippen LogP contribution in [-0.4, -0.2) is 34.1 Å². The van der Waals surface area contributed by atoms with Crippen molar-refractivity contribution in [2.24, 2.45) is 4.99 Å². The van der Waals surface area contributed by atoms with Crippen LogP contribution in [0.15, 0.2) is 41.4 Å². The zero-order chi connectivity index (χ0) is 19.4. The van der Waals surface area contributed by atoms with Crippen molar-refractivity contribution in [2.75, 3.05) is 6.61 Å². The molecule has 6 heteroatoms. The van der Waals surface area contributed by atoms with Gasteiger partial charge < -0.3 is 14.9 Å². The number of phenols is 2. The van der Waals surface area contributed by atoms with Crippen LogP contribution in [0.4, 0.5) is 5.69 Å². The molecule has 2 aromatic rings. The molecule has 0 fully saturated rings. The van der Waals surface area contributed by atoms with Crippen LogP contribution in [0.5, 0.6) is 17.2 Å². The molecule has 0 saturated carbocycles. The number of rotatable bonds is 6. The molecular formula is C21H21NO5. The average Bonchev–Trinajstić information content (AvgIpc) is 2.66. The van der Waals surface area contributed by atoms with E-state index in [1.807, 2.05) is 0 Å². The molecule has 0 radical (unpaired) electrons. The highest BCUT2D eigenvalue weighted by Gasteiger charge is 2.34. The third-order valence-corrected chi connectivity index (χ3v) is 4.37. The van der Waals surface area contributed by atoms with Crippen molar-refractivity contribution >= 4 is 23.0 Å². The van der Waals surface area contributed by atoms with Crippen molar-refractivity contribution in [1.82, 2.24) is 0 Å². The van der Waals surface area contributed by atoms with Crippen LogP contribution in [0.1, 0.15) is 53.3 Å². The second-order valence-electron chi connectivity index (χ2n) is 6.39. The number of nitrogens with zero attached hydrogens (tertiary/aromatic N) is 1. The number of Topliss-reactive ketones (excluding diaryl/α,β-unsaturated/α-hetero) is 2. The number of aliphatic imine (C=N–C) groups is 1. The Morgan fingerprint density at radius 3 is 2.30 bits per heavy atom. The first-order chi connectivity index (χ1) is 13.0. The van der Waals surface area contributed by atoms with Crippen molar-refractivity contribution < 1.29 is 24.5 Å². The van der Waals surface area contributed by atoms with Crippen molar-refractivity contribution in [3.05, 3.63) is 47.5 Å². The van der Waals surface area contributed by atoms with Crippen molar-refractivity contribution in [2.45, 2.75) is 32.6 Å². The number of aromatic hydroxyl groups is 2. The van der Waals surface area contributed by atoms with Gasteiger partial charge in [0.25, 0.3) is 0 Å². The Kier molecular flexibility index (Phi) is 5.54. The zero-order valence-electron chi connectivity index (χ0n) is 15.1. The molecule has 0 atom stereocenters. The summed E-state index contributed by atoms with van der Waals surface area (Å²) in [5.74, 6) is -0.950. The number of ketones is 2. The predicted octanol–water partition coefficient (Wildman–Crippen LogP) is 4.21. The van der Waals surface area contributed by atoms with Gasteiger partial charge in [0, 0.05) is 0 Å². The summed E-state index contributed by atoms with van der Waals surface area (Å²) >= 11 is 0. The lowest BCUT2D eigenvalue weighted by Gasteiger charge is -2.17. The summed E-state index contributed by atoms with van der Waals surface area (Å²) in [6.45, 7) is 2.78. The Bertz CT molecular complexity index is 900. The molecule has 0 heterocycles. The van der Waals surface area contributed by atoms with Crippen LogP contribution in [0.2, 0.25) is 0 Å². The van der Waals surface area contributed by atoms with Crippen LogP contribution in [0.25, 0.3) is 0 Å². The van der Waals surface area contributed by atoms with Gasteiger partial charge in [-0.15, -0.1) is 0 Å². The van der Waals surface area contributed by atoms with Gasteiger partial charge in [-0.2, -0.15) is 0 Å². The number of hydrogen-bond acceptors (Lipinski definition) is 6. The van der Waals surface area contributed by atoms with E-state index >= 15 is 0 Å². The normalized spacial score (nSPS) is 15.1. The third kappa shape index (κ3) is 4.00. The number of carbonyl (C=O) groups is 2. The number of hydrogen-bond donors (Lipinski definition) is 2. The van der Waals surface area contributed by atoms with Gasteiger partial charge >= 0.3 is 0 Å². The largest absolute Gasteiger partial charge is 0.507 e. The first kappa shape index (κ1) is 18.6. The smallest absolute Gasteiger partial charge is 0.212 e. The van der Waals surface area contributed by atoms with Crippen molar-refractivity contribution in [3.63, 3.8) is 0 Å². The Balaban J connectivity index is 1.80. The van der Waals surface area contributed by atoms with Crippen LogP contribution in [0.3, 0.4) is 0 Å². The minimum atomic E-state index is -0.558. The van der Waals surface area contributed by atoms with Gasteiger partial charge in [0.05, 0.1) is 35.6 Å². The van der Waals surface area contributed by atoms with Gasteiger partial charge in [0.15, 0.2) is 5.78 Å². The molecule has 2 N–H and O–H groups in total. The Morgan fingerprint density at radius 2 is 1.63 bits per heavy atom. The number of ether oxygens (including phenoxy) is 1. The summed E-state index contributed by atoms with van der Waals surface area (Å²) in [5.41, 5.74) is 0.204. The number of unbranched alkanes of at least 4 members (excludes halogenated alkanes) is 2. The summed E-state index contributed by atoms with van der Waals surface area (Å²) in [6.07, 6.45) is 3.01. The van der Waals surface area contributed by atoms with E-state index in [0.717, 1.165) is 19.3 Å². The highest BCUT2D eigenvalue weighted by atomic mass is 16.5. The first-order valence-corrected chi connectivity index (χ1v) is 8.94. The Morgan fingerprint density at radius 1 is 0.963 bits per heavy atom. The van der Waals surface area contributed by atoms with E-state index in [4.69, 9.17) is 4.74 Å². The molecule has 1 aliphatic carbocycles. The Hall–Kier alpha value is -3.15. The minimum Gasteiger partial charge on any atom is -0.507 e. The van der Waals surface area contributed by atoms with E-state index in [0.29, 0.717) is 18.0 Å². The SMILES string of the molecule is CCCCCOc1ccc(N=C2CC(=O)c3c(O)ccc(O)c3C2=O)cc1. The van der Waals surface area contributed by atoms with E-state index < -0.39 is 11.6 Å². The standard InChI is InChI=1S/C21H21NO5/c1-2-3-4-11-27-14-7-5-13(6-8-14)22-15-12-18(25)19-16(23)9-10-17(24)20(19)21(15)26/h5-10,23-24H,2-4,11-12H2,1H3. The van der Waals surface area contributed by atoms with Gasteiger partial charge in [-0.25, -0.2) is 4.99 Å². The summed E-state index contributed by atoms with van der Waals surface area (Å²) in [6, 6.07) is 9.32. The van der Waals surface area contributed by atoms with Gasteiger partial charge in [-0.05, 0) is 42.8 Å². The lowest BCUT2D eigenvalue weighted by molar-refractivity contribution is 0.0960. The molecule has 6 nitrogen and oxygen atoms in total. The number of phenolic OH excluding ortho intramolecular Hbond substituents is 2. The molecule has 2 aromatic carbocycles. The average molecular weight is 367 g/mol. The molecule has 1 aliphatic rings. The molecule has 0 bridgehead atoms. The van der Waals surface area contributed by atoms with Gasteiger partial charge in [-0.3, -0.25) is 9.59 Å². The number of benzene rings is 2. The van der Waals surface area contributed by atoms with Gasteiger partial charge in [0.2, 0.25) is 5.78 Å². The molecule has 0 saturated heterocycles. The molecule has 0 aromatic heterocycles. The van der Waals surface area contributed by atoms with Crippen LogP contribution >= 0.6 is 0 Å². The minimum absolute atomic E-state index is 0.0324. The summed E-state index contributed by atoms with van der Waals surface area (Å²) in [7, 11) is 0. The van der Waals surface area contributed by atoms with Gasteiger partial charge in [-0.1, -0.05) is 19.8 Å². The fourth-order valence-corrected chi connectivity index (χ4v) is 2.96. The third-order valence-electron chi connectivity index (χ3n) is 4.37. The summed E-state index contributed by atoms with van der Waals surface area (Å²) in [5, 5.41) is 19.8. The van der Waals surface area contributed by atoms with Crippen LogP contribution in [-0.2, 0) is 0 Å². The van der Waals surface area contributed by atoms with Crippen LogP contribution < -0.4 is 4.74 Å². The lowest BCUT2D eigenvalue weighted by atomic mass is 9.86. The highest BCUT2D eigenvalue weighted by molar-refractivity contribution is 6.53. The highest BCUT2D eigenvalue weighted by Crippen LogP contribution is 2.34. The molecule has 3 rings (SSSR count). The van der Waals surface area contributed by atoms with E-state index in [2.05, 4.69) is 11.9 Å². The van der Waals surface area contributed by atoms with Crippen molar-refractivity contribution in [1.29, 1.82) is 0 Å². The Labute approximate surface area is 157 Å². The summed E-state index contributed by atoms with van der Waals surface area (Å²) < 4.78 is 5.64. The number of carbonyl (C=O) groups excluding carboxylic acids is 2. The topological polar surface area (TPSA) is 96.2 Å². The van der Waals surface area contributed by atoms with Crippen LogP contribution in [0, 0.1) is 0 Å². The molecular weight excluding hydrogens is 346 g/mol. The quantitative estimate of drug-likeness (QED) is 0.589. The van der Waals surface area contributed by atoms with E-state index in [9.17, 15) is 19.8 Å². The first-order valence-electron chi connectivity index (χ1n) is 8.94. The lowest BCUT2D eigenvalue weighted by Crippen LogP contribution is -2.27. The maximum atomic E-state index is 12.6. The number of fused-ring (bicyclic) bond motifs is 1. The van der Waals surface area contributed by atoms with Crippen molar-refractivity contribution in [3.8, 4) is 17.2 Å². The molecule has 0 aliphatic heterocycles. The predicted molar refractivity (Wildman–Crippen MR) is 102 cm³/mol. The van der Waals surface area contributed by atoms with E-state index in [1.54, 1.807) is 24.3 Å². The van der Waals surface area contributed by atoms with E-state index in [-0.39, 0.29) is 34.8 Å². The fourth-order valence-electron chi connectivity index (χ4n) is 2.96. The maximum absolute atomic E-state index is 12.6. The second-order valence-corrected chi connectivity index (χ2v) is 6.39. The maximum Gasteiger partial charge on any atom is 0.212 e. The molecule has 0 unspecified atom stereocenters. The monoisotopic (exact) mass is 367 g/mol. The molecule has 140 valence electrons. The zero-order valence-corrected chi connectivity index (χ0v) is 15.1. The fraction of sp³-hybridized carbons (Fsp3) is 0.286. The molecule has 27 heavy (non-hydrogen) atoms. The molecule has 0 amide bonds.